The van der Waals surface area contributed by atoms with Crippen LogP contribution in [-0.4, -0.2) is 18.0 Å². The molecule has 0 amide bonds. The van der Waals surface area contributed by atoms with Crippen LogP contribution in [0, 0.1) is 15.9 Å². The number of esters is 1. The Morgan fingerprint density at radius 3 is 2.69 bits per heavy atom. The molecule has 0 bridgehead atoms. The number of ether oxygens (including phenoxy) is 1. The Bertz CT molecular complexity index is 449. The first kappa shape index (κ1) is 12.4. The highest BCUT2D eigenvalue weighted by atomic mass is 35.5. The van der Waals surface area contributed by atoms with Crippen LogP contribution < -0.4 is 0 Å². The largest absolute Gasteiger partial charge is 0.465 e. The summed E-state index contributed by atoms with van der Waals surface area (Å²) in [5.41, 5.74) is -1.08. The van der Waals surface area contributed by atoms with E-state index in [0.29, 0.717) is 0 Å². The number of hydrogen-bond acceptors (Lipinski definition) is 4. The standard InChI is InChI=1S/C9H7ClFNO4/c1-16-9(13)8-5(4-10)7(12(14)15)3-2-6(8)11/h2-3H,4H2,1H3. The van der Waals surface area contributed by atoms with Crippen LogP contribution in [0.3, 0.4) is 0 Å². The van der Waals surface area contributed by atoms with Crippen LogP contribution in [-0.2, 0) is 10.6 Å². The number of rotatable bonds is 3. The second-order valence-corrected chi connectivity index (χ2v) is 3.07. The molecule has 0 atom stereocenters. The Morgan fingerprint density at radius 1 is 1.62 bits per heavy atom. The van der Waals surface area contributed by atoms with Gasteiger partial charge in [-0.15, -0.1) is 11.6 Å². The molecule has 1 aromatic rings. The molecular formula is C9H7ClFNO4. The molecule has 1 aromatic carbocycles. The zero-order chi connectivity index (χ0) is 12.3. The van der Waals surface area contributed by atoms with E-state index in [2.05, 4.69) is 4.74 Å². The maximum Gasteiger partial charge on any atom is 0.341 e. The minimum atomic E-state index is -0.989. The van der Waals surface area contributed by atoms with Gasteiger partial charge < -0.3 is 4.74 Å². The lowest BCUT2D eigenvalue weighted by atomic mass is 10.1. The van der Waals surface area contributed by atoms with Gasteiger partial charge in [0.2, 0.25) is 0 Å². The van der Waals surface area contributed by atoms with Crippen molar-refractivity contribution in [3.63, 3.8) is 0 Å². The topological polar surface area (TPSA) is 69.4 Å². The van der Waals surface area contributed by atoms with Crippen molar-refractivity contribution in [2.24, 2.45) is 0 Å². The highest BCUT2D eigenvalue weighted by molar-refractivity contribution is 6.18. The van der Waals surface area contributed by atoms with E-state index in [-0.39, 0.29) is 11.4 Å². The molecule has 5 nitrogen and oxygen atoms in total. The van der Waals surface area contributed by atoms with Crippen molar-refractivity contribution in [1.29, 1.82) is 0 Å². The summed E-state index contributed by atoms with van der Waals surface area (Å²) in [6.07, 6.45) is 0. The van der Waals surface area contributed by atoms with Crippen molar-refractivity contribution >= 4 is 23.3 Å². The maximum absolute atomic E-state index is 13.3. The summed E-state index contributed by atoms with van der Waals surface area (Å²) in [7, 11) is 1.05. The molecule has 16 heavy (non-hydrogen) atoms. The van der Waals surface area contributed by atoms with Gasteiger partial charge in [0.1, 0.15) is 11.4 Å². The summed E-state index contributed by atoms with van der Waals surface area (Å²) < 4.78 is 17.7. The number of carbonyl (C=O) groups excluding carboxylic acids is 1. The molecule has 0 aliphatic carbocycles. The molecule has 0 spiro atoms. The van der Waals surface area contributed by atoms with E-state index in [9.17, 15) is 19.3 Å². The number of hydrogen-bond donors (Lipinski definition) is 0. The van der Waals surface area contributed by atoms with E-state index in [1.807, 2.05) is 0 Å². The Morgan fingerprint density at radius 2 is 2.25 bits per heavy atom. The van der Waals surface area contributed by atoms with Crippen molar-refractivity contribution in [1.82, 2.24) is 0 Å². The first-order valence-electron chi connectivity index (χ1n) is 4.13. The van der Waals surface area contributed by atoms with Gasteiger partial charge in [-0.2, -0.15) is 0 Å². The molecule has 86 valence electrons. The lowest BCUT2D eigenvalue weighted by Gasteiger charge is -2.06. The van der Waals surface area contributed by atoms with E-state index >= 15 is 0 Å². The molecule has 0 unspecified atom stereocenters. The average Bonchev–Trinajstić information content (AvgIpc) is 2.26. The summed E-state index contributed by atoms with van der Waals surface area (Å²) in [6, 6.07) is 1.79. The predicted molar refractivity (Wildman–Crippen MR) is 54.0 cm³/mol. The minimum Gasteiger partial charge on any atom is -0.465 e. The normalized spacial score (nSPS) is 9.94. The zero-order valence-corrected chi connectivity index (χ0v) is 8.95. The number of nitro groups is 1. The van der Waals surface area contributed by atoms with Crippen molar-refractivity contribution in [2.45, 2.75) is 5.88 Å². The molecule has 0 radical (unpaired) electrons. The lowest BCUT2D eigenvalue weighted by Crippen LogP contribution is -2.10. The summed E-state index contributed by atoms with van der Waals surface area (Å²) in [5.74, 6) is -2.23. The van der Waals surface area contributed by atoms with Crippen molar-refractivity contribution in [3.8, 4) is 0 Å². The van der Waals surface area contributed by atoms with Crippen LogP contribution in [0.1, 0.15) is 15.9 Å². The van der Waals surface area contributed by atoms with Crippen LogP contribution in [0.25, 0.3) is 0 Å². The average molecular weight is 248 g/mol. The van der Waals surface area contributed by atoms with Gasteiger partial charge in [0.15, 0.2) is 0 Å². The van der Waals surface area contributed by atoms with E-state index < -0.39 is 28.0 Å². The maximum atomic E-state index is 13.3. The minimum absolute atomic E-state index is 0.182. The number of carbonyl (C=O) groups is 1. The molecular weight excluding hydrogens is 241 g/mol. The molecule has 0 aromatic heterocycles. The quantitative estimate of drug-likeness (QED) is 0.356. The summed E-state index contributed by atoms with van der Waals surface area (Å²) in [4.78, 5) is 21.1. The van der Waals surface area contributed by atoms with Crippen LogP contribution in [0.4, 0.5) is 10.1 Å². The van der Waals surface area contributed by atoms with Gasteiger partial charge in [0.05, 0.1) is 23.5 Å². The van der Waals surface area contributed by atoms with Gasteiger partial charge in [-0.25, -0.2) is 9.18 Å². The Labute approximate surface area is 94.9 Å². The van der Waals surface area contributed by atoms with Gasteiger partial charge in [-0.05, 0) is 6.07 Å². The number of halogens is 2. The lowest BCUT2D eigenvalue weighted by molar-refractivity contribution is -0.385. The number of methoxy groups -OCH3 is 1. The third kappa shape index (κ3) is 2.11. The summed E-state index contributed by atoms with van der Waals surface area (Å²) in [6.45, 7) is 0. The van der Waals surface area contributed by atoms with Crippen molar-refractivity contribution < 1.29 is 18.8 Å². The fourth-order valence-corrected chi connectivity index (χ4v) is 1.51. The van der Waals surface area contributed by atoms with E-state index in [0.717, 1.165) is 19.2 Å². The highest BCUT2D eigenvalue weighted by Gasteiger charge is 2.25. The summed E-state index contributed by atoms with van der Waals surface area (Å²) >= 11 is 5.48. The van der Waals surface area contributed by atoms with Gasteiger partial charge in [-0.1, -0.05) is 0 Å². The number of alkyl halides is 1. The number of nitrogens with zero attached hydrogens (tertiary/aromatic N) is 1. The first-order chi connectivity index (χ1) is 7.52. The molecule has 0 aliphatic rings. The molecule has 7 heteroatoms. The van der Waals surface area contributed by atoms with Gasteiger partial charge in [0, 0.05) is 6.07 Å². The van der Waals surface area contributed by atoms with Crippen molar-refractivity contribution in [3.05, 3.63) is 39.2 Å². The fourth-order valence-electron chi connectivity index (χ4n) is 1.24. The van der Waals surface area contributed by atoms with Gasteiger partial charge in [-0.3, -0.25) is 10.1 Å². The van der Waals surface area contributed by atoms with Gasteiger partial charge >= 0.3 is 5.97 Å². The highest BCUT2D eigenvalue weighted by Crippen LogP contribution is 2.27. The Kier molecular flexibility index (Phi) is 3.78. The second kappa shape index (κ2) is 4.89. The van der Waals surface area contributed by atoms with Crippen LogP contribution in [0.15, 0.2) is 12.1 Å². The monoisotopic (exact) mass is 247 g/mol. The van der Waals surface area contributed by atoms with Crippen molar-refractivity contribution in [2.75, 3.05) is 7.11 Å². The molecule has 0 saturated carbocycles. The molecule has 1 rings (SSSR count). The molecule has 0 N–H and O–H groups in total. The van der Waals surface area contributed by atoms with Crippen LogP contribution in [0.2, 0.25) is 0 Å². The van der Waals surface area contributed by atoms with E-state index in [1.54, 1.807) is 0 Å². The van der Waals surface area contributed by atoms with Crippen LogP contribution in [0.5, 0.6) is 0 Å². The first-order valence-corrected chi connectivity index (χ1v) is 4.66. The number of nitro benzene ring substituents is 1. The third-order valence-electron chi connectivity index (χ3n) is 1.96. The zero-order valence-electron chi connectivity index (χ0n) is 8.20. The van der Waals surface area contributed by atoms with E-state index in [1.165, 1.54) is 0 Å². The SMILES string of the molecule is COC(=O)c1c(F)ccc([N+](=O)[O-])c1CCl. The van der Waals surface area contributed by atoms with E-state index in [4.69, 9.17) is 11.6 Å². The molecule has 0 heterocycles. The fraction of sp³-hybridized carbons (Fsp3) is 0.222. The molecule has 0 fully saturated rings. The van der Waals surface area contributed by atoms with Gasteiger partial charge in [0.25, 0.3) is 5.69 Å². The third-order valence-corrected chi connectivity index (χ3v) is 2.22. The predicted octanol–water partition coefficient (Wildman–Crippen LogP) is 2.26. The molecule has 0 aliphatic heterocycles. The Balaban J connectivity index is 3.50. The summed E-state index contributed by atoms with van der Waals surface area (Å²) in [5, 5.41) is 10.6. The number of benzene rings is 1. The molecule has 0 saturated heterocycles. The van der Waals surface area contributed by atoms with Crippen LogP contribution >= 0.6 is 11.6 Å². The second-order valence-electron chi connectivity index (χ2n) is 2.80. The Hall–Kier alpha value is -1.69. The smallest absolute Gasteiger partial charge is 0.341 e.